The lowest BCUT2D eigenvalue weighted by Crippen LogP contribution is -2.41. The van der Waals surface area contributed by atoms with Crippen molar-refractivity contribution in [3.8, 4) is 6.07 Å². The van der Waals surface area contributed by atoms with Crippen LogP contribution in [0.2, 0.25) is 0 Å². The first-order valence-corrected chi connectivity index (χ1v) is 9.51. The lowest BCUT2D eigenvalue weighted by Gasteiger charge is -2.32. The molecule has 0 amide bonds. The highest BCUT2D eigenvalue weighted by Crippen LogP contribution is 2.36. The molecular formula is C22H25BN2O2. The largest absolute Gasteiger partial charge is 0.494 e. The van der Waals surface area contributed by atoms with Gasteiger partial charge in [0.25, 0.3) is 0 Å². The van der Waals surface area contributed by atoms with E-state index in [2.05, 4.69) is 69.0 Å². The van der Waals surface area contributed by atoms with Crippen LogP contribution in [0.3, 0.4) is 0 Å². The van der Waals surface area contributed by atoms with Gasteiger partial charge in [0, 0.05) is 18.8 Å². The van der Waals surface area contributed by atoms with E-state index >= 15 is 0 Å². The minimum atomic E-state index is -0.322. The zero-order chi connectivity index (χ0) is 19.2. The van der Waals surface area contributed by atoms with Crippen LogP contribution >= 0.6 is 0 Å². The maximum absolute atomic E-state index is 9.07. The third-order valence-electron chi connectivity index (χ3n) is 6.08. The average Bonchev–Trinajstić information content (AvgIpc) is 3.12. The summed E-state index contributed by atoms with van der Waals surface area (Å²) in [7, 11) is -0.319. The highest BCUT2D eigenvalue weighted by Gasteiger charge is 2.51. The third-order valence-corrected chi connectivity index (χ3v) is 6.08. The van der Waals surface area contributed by atoms with E-state index in [0.717, 1.165) is 30.5 Å². The smallest absolute Gasteiger partial charge is 0.399 e. The zero-order valence-corrected chi connectivity index (χ0v) is 16.5. The van der Waals surface area contributed by atoms with Gasteiger partial charge in [-0.05, 0) is 68.9 Å². The van der Waals surface area contributed by atoms with E-state index in [1.807, 2.05) is 12.1 Å². The summed E-state index contributed by atoms with van der Waals surface area (Å²) in [5.74, 6) is 0. The molecule has 0 saturated carbocycles. The van der Waals surface area contributed by atoms with Gasteiger partial charge in [0.05, 0.1) is 22.8 Å². The van der Waals surface area contributed by atoms with Crippen molar-refractivity contribution < 1.29 is 9.31 Å². The first kappa shape index (κ1) is 18.1. The zero-order valence-electron chi connectivity index (χ0n) is 16.5. The van der Waals surface area contributed by atoms with Crippen LogP contribution in [0.15, 0.2) is 42.5 Å². The Labute approximate surface area is 161 Å². The molecule has 2 heterocycles. The molecule has 0 unspecified atom stereocenters. The molecule has 1 saturated heterocycles. The highest BCUT2D eigenvalue weighted by molar-refractivity contribution is 6.62. The minimum Gasteiger partial charge on any atom is -0.399 e. The molecule has 0 bridgehead atoms. The van der Waals surface area contributed by atoms with Gasteiger partial charge in [-0.25, -0.2) is 0 Å². The second-order valence-corrected chi connectivity index (χ2v) is 8.46. The van der Waals surface area contributed by atoms with Crippen molar-refractivity contribution in [1.29, 1.82) is 5.26 Å². The number of nitriles is 1. The Balaban J connectivity index is 1.47. The van der Waals surface area contributed by atoms with Crippen molar-refractivity contribution in [1.82, 2.24) is 0 Å². The Bertz CT molecular complexity index is 884. The molecule has 4 rings (SSSR count). The van der Waals surface area contributed by atoms with Gasteiger partial charge in [0.1, 0.15) is 0 Å². The van der Waals surface area contributed by atoms with E-state index in [4.69, 9.17) is 14.6 Å². The van der Waals surface area contributed by atoms with Gasteiger partial charge < -0.3 is 14.2 Å². The molecule has 0 atom stereocenters. The summed E-state index contributed by atoms with van der Waals surface area (Å²) >= 11 is 0. The Morgan fingerprint density at radius 3 is 2.33 bits per heavy atom. The average molecular weight is 360 g/mol. The summed E-state index contributed by atoms with van der Waals surface area (Å²) in [6.07, 6.45) is 0.997. The summed E-state index contributed by atoms with van der Waals surface area (Å²) in [5.41, 5.74) is 4.91. The Hall–Kier alpha value is -2.29. The van der Waals surface area contributed by atoms with Crippen molar-refractivity contribution >= 4 is 18.3 Å². The van der Waals surface area contributed by atoms with Crippen molar-refractivity contribution in [3.63, 3.8) is 0 Å². The predicted octanol–water partition coefficient (Wildman–Crippen LogP) is 3.42. The number of fused-ring (bicyclic) bond motifs is 1. The van der Waals surface area contributed by atoms with Gasteiger partial charge in [-0.15, -0.1) is 0 Å². The monoisotopic (exact) mass is 360 g/mol. The summed E-state index contributed by atoms with van der Waals surface area (Å²) in [5, 5.41) is 9.07. The summed E-state index contributed by atoms with van der Waals surface area (Å²) < 4.78 is 12.3. The van der Waals surface area contributed by atoms with E-state index in [1.165, 1.54) is 16.8 Å². The Kier molecular flexibility index (Phi) is 4.29. The number of anilines is 1. The van der Waals surface area contributed by atoms with Crippen LogP contribution in [0.4, 0.5) is 5.69 Å². The topological polar surface area (TPSA) is 45.5 Å². The second-order valence-electron chi connectivity index (χ2n) is 8.46. The van der Waals surface area contributed by atoms with E-state index in [9.17, 15) is 0 Å². The number of nitrogens with zero attached hydrogens (tertiary/aromatic N) is 2. The maximum Gasteiger partial charge on any atom is 0.494 e. The number of hydrogen-bond donors (Lipinski definition) is 0. The van der Waals surface area contributed by atoms with Crippen molar-refractivity contribution in [3.05, 3.63) is 59.2 Å². The molecule has 1 fully saturated rings. The Morgan fingerprint density at radius 2 is 1.70 bits per heavy atom. The summed E-state index contributed by atoms with van der Waals surface area (Å²) in [6.45, 7) is 10.1. The molecule has 4 nitrogen and oxygen atoms in total. The molecule has 0 N–H and O–H groups in total. The molecule has 2 aliphatic heterocycles. The van der Waals surface area contributed by atoms with Crippen LogP contribution in [-0.4, -0.2) is 24.9 Å². The van der Waals surface area contributed by atoms with Crippen molar-refractivity contribution in [2.24, 2.45) is 0 Å². The van der Waals surface area contributed by atoms with Crippen LogP contribution in [0.5, 0.6) is 0 Å². The van der Waals surface area contributed by atoms with Crippen molar-refractivity contribution in [2.45, 2.75) is 51.9 Å². The molecule has 2 aromatic carbocycles. The van der Waals surface area contributed by atoms with Crippen molar-refractivity contribution in [2.75, 3.05) is 11.4 Å². The first-order chi connectivity index (χ1) is 12.8. The van der Waals surface area contributed by atoms with Crippen LogP contribution in [0, 0.1) is 11.3 Å². The molecule has 27 heavy (non-hydrogen) atoms. The van der Waals surface area contributed by atoms with Gasteiger partial charge >= 0.3 is 7.12 Å². The van der Waals surface area contributed by atoms with E-state index in [-0.39, 0.29) is 18.3 Å². The lowest BCUT2D eigenvalue weighted by molar-refractivity contribution is 0.00578. The standard InChI is InChI=1S/C22H25BN2O2/c1-21(2)22(3,4)27-23(26-21)19-8-5-16(6-9-19)15-25-12-11-18-13-17(14-24)7-10-20(18)25/h5-10,13H,11-12,15H2,1-4H3. The van der Waals surface area contributed by atoms with E-state index < -0.39 is 0 Å². The maximum atomic E-state index is 9.07. The van der Waals surface area contributed by atoms with Gasteiger partial charge in [0.15, 0.2) is 0 Å². The summed E-state index contributed by atoms with van der Waals surface area (Å²) in [6, 6.07) is 16.7. The van der Waals surface area contributed by atoms with Gasteiger partial charge in [0.2, 0.25) is 0 Å². The van der Waals surface area contributed by atoms with Crippen LogP contribution < -0.4 is 10.4 Å². The number of rotatable bonds is 3. The van der Waals surface area contributed by atoms with Gasteiger partial charge in [-0.1, -0.05) is 24.3 Å². The molecule has 0 aromatic heterocycles. The molecule has 0 radical (unpaired) electrons. The fraction of sp³-hybridized carbons (Fsp3) is 0.409. The van der Waals surface area contributed by atoms with Gasteiger partial charge in [-0.3, -0.25) is 0 Å². The van der Waals surface area contributed by atoms with Crippen LogP contribution in [0.1, 0.15) is 44.4 Å². The molecule has 0 aliphatic carbocycles. The fourth-order valence-corrected chi connectivity index (χ4v) is 3.68. The first-order valence-electron chi connectivity index (χ1n) is 9.51. The minimum absolute atomic E-state index is 0.319. The molecular weight excluding hydrogens is 335 g/mol. The third kappa shape index (κ3) is 3.24. The summed E-state index contributed by atoms with van der Waals surface area (Å²) in [4.78, 5) is 2.38. The molecule has 0 spiro atoms. The molecule has 2 aliphatic rings. The fourth-order valence-electron chi connectivity index (χ4n) is 3.68. The quantitative estimate of drug-likeness (QED) is 0.787. The second kappa shape index (κ2) is 6.40. The van der Waals surface area contributed by atoms with Crippen LogP contribution in [-0.2, 0) is 22.3 Å². The SMILES string of the molecule is CC1(C)OB(c2ccc(CN3CCc4cc(C#N)ccc43)cc2)OC1(C)C. The normalized spacial score (nSPS) is 19.8. The lowest BCUT2D eigenvalue weighted by atomic mass is 9.79. The van der Waals surface area contributed by atoms with Crippen LogP contribution in [0.25, 0.3) is 0 Å². The van der Waals surface area contributed by atoms with E-state index in [1.54, 1.807) is 0 Å². The van der Waals surface area contributed by atoms with Gasteiger partial charge in [-0.2, -0.15) is 5.26 Å². The Morgan fingerprint density at radius 1 is 1.04 bits per heavy atom. The molecule has 138 valence electrons. The number of hydrogen-bond acceptors (Lipinski definition) is 4. The molecule has 2 aromatic rings. The predicted molar refractivity (Wildman–Crippen MR) is 108 cm³/mol. The van der Waals surface area contributed by atoms with E-state index in [0.29, 0.717) is 0 Å². The number of benzene rings is 2. The molecule has 5 heteroatoms. The highest BCUT2D eigenvalue weighted by atomic mass is 16.7.